The van der Waals surface area contributed by atoms with E-state index in [-0.39, 0.29) is 12.5 Å². The summed E-state index contributed by atoms with van der Waals surface area (Å²) in [5, 5.41) is 19.5. The van der Waals surface area contributed by atoms with E-state index in [2.05, 4.69) is 20.9 Å². The number of rotatable bonds is 8. The van der Waals surface area contributed by atoms with Crippen molar-refractivity contribution in [3.63, 3.8) is 0 Å². The van der Waals surface area contributed by atoms with E-state index in [1.54, 1.807) is 6.92 Å². The van der Waals surface area contributed by atoms with E-state index in [0.29, 0.717) is 25.6 Å². The van der Waals surface area contributed by atoms with E-state index in [1.165, 1.54) is 0 Å². The van der Waals surface area contributed by atoms with E-state index < -0.39 is 5.60 Å². The van der Waals surface area contributed by atoms with Gasteiger partial charge in [-0.25, -0.2) is 4.99 Å². The Kier molecular flexibility index (Phi) is 8.11. The molecule has 6 heteroatoms. The Balaban J connectivity index is 2.60. The summed E-state index contributed by atoms with van der Waals surface area (Å²) >= 11 is 0. The molecule has 0 saturated carbocycles. The fourth-order valence-electron chi connectivity index (χ4n) is 1.97. The highest BCUT2D eigenvalue weighted by atomic mass is 16.3. The van der Waals surface area contributed by atoms with Crippen LogP contribution in [0.2, 0.25) is 0 Å². The summed E-state index contributed by atoms with van der Waals surface area (Å²) in [6, 6.07) is 9.45. The number of carbonyl (C=O) groups excluding carboxylic acids is 1. The first kappa shape index (κ1) is 19.0. The second-order valence-electron chi connectivity index (χ2n) is 5.54. The molecule has 1 amide bonds. The maximum Gasteiger partial charge on any atom is 0.241 e. The Morgan fingerprint density at radius 3 is 2.48 bits per heavy atom. The summed E-state index contributed by atoms with van der Waals surface area (Å²) in [7, 11) is 0. The average Bonchev–Trinajstić information content (AvgIpc) is 2.56. The Hall–Kier alpha value is -2.08. The number of aliphatic hydroxyl groups is 1. The number of hydrogen-bond donors (Lipinski definition) is 4. The summed E-state index contributed by atoms with van der Waals surface area (Å²) in [6.45, 7) is 7.37. The third-order valence-corrected chi connectivity index (χ3v) is 3.29. The van der Waals surface area contributed by atoms with Gasteiger partial charge in [0.1, 0.15) is 12.1 Å². The molecule has 128 valence electrons. The lowest BCUT2D eigenvalue weighted by Gasteiger charge is -2.25. The van der Waals surface area contributed by atoms with Crippen molar-refractivity contribution >= 4 is 11.9 Å². The van der Waals surface area contributed by atoms with Crippen molar-refractivity contribution in [1.82, 2.24) is 16.0 Å². The van der Waals surface area contributed by atoms with Crippen LogP contribution in [0, 0.1) is 0 Å². The van der Waals surface area contributed by atoms with Crippen molar-refractivity contribution in [3.8, 4) is 0 Å². The van der Waals surface area contributed by atoms with Crippen LogP contribution in [-0.4, -0.2) is 43.2 Å². The van der Waals surface area contributed by atoms with Gasteiger partial charge in [0.15, 0.2) is 5.96 Å². The van der Waals surface area contributed by atoms with Crippen molar-refractivity contribution in [1.29, 1.82) is 0 Å². The minimum Gasteiger partial charge on any atom is -0.384 e. The van der Waals surface area contributed by atoms with E-state index in [1.807, 2.05) is 44.2 Å². The SMILES string of the molecule is CCCNC(=O)CN=C(NCC)NCC(C)(O)c1ccccc1. The van der Waals surface area contributed by atoms with Crippen molar-refractivity contribution in [2.24, 2.45) is 4.99 Å². The molecule has 4 N–H and O–H groups in total. The van der Waals surface area contributed by atoms with Crippen LogP contribution < -0.4 is 16.0 Å². The molecule has 0 fully saturated rings. The standard InChI is InChI=1S/C17H28N4O2/c1-4-11-19-15(22)12-20-16(18-5-2)21-13-17(3,23)14-9-7-6-8-10-14/h6-10,23H,4-5,11-13H2,1-3H3,(H,19,22)(H2,18,20,21). The molecule has 0 spiro atoms. The summed E-state index contributed by atoms with van der Waals surface area (Å²) in [4.78, 5) is 15.8. The van der Waals surface area contributed by atoms with Crippen LogP contribution in [0.4, 0.5) is 0 Å². The Bertz CT molecular complexity index is 501. The van der Waals surface area contributed by atoms with Crippen LogP contribution in [0.3, 0.4) is 0 Å². The Labute approximate surface area is 138 Å². The fourth-order valence-corrected chi connectivity index (χ4v) is 1.97. The normalized spacial score (nSPS) is 14.0. The Morgan fingerprint density at radius 2 is 1.87 bits per heavy atom. The summed E-state index contributed by atoms with van der Waals surface area (Å²) in [5.74, 6) is 0.397. The number of hydrogen-bond acceptors (Lipinski definition) is 3. The van der Waals surface area contributed by atoms with Crippen molar-refractivity contribution < 1.29 is 9.90 Å². The number of nitrogens with one attached hydrogen (secondary N) is 3. The first-order valence-electron chi connectivity index (χ1n) is 8.06. The van der Waals surface area contributed by atoms with Crippen molar-refractivity contribution in [2.75, 3.05) is 26.2 Å². The number of carbonyl (C=O) groups is 1. The second kappa shape index (κ2) is 9.84. The Morgan fingerprint density at radius 1 is 1.17 bits per heavy atom. The zero-order valence-electron chi connectivity index (χ0n) is 14.2. The van der Waals surface area contributed by atoms with Crippen LogP contribution in [0.5, 0.6) is 0 Å². The first-order valence-corrected chi connectivity index (χ1v) is 8.06. The molecule has 1 atom stereocenters. The smallest absolute Gasteiger partial charge is 0.241 e. The minimum atomic E-state index is -1.03. The van der Waals surface area contributed by atoms with Gasteiger partial charge in [0.25, 0.3) is 0 Å². The van der Waals surface area contributed by atoms with Gasteiger partial charge in [-0.1, -0.05) is 37.3 Å². The number of benzene rings is 1. The number of aliphatic imine (C=N–C) groups is 1. The van der Waals surface area contributed by atoms with Crippen LogP contribution in [0.25, 0.3) is 0 Å². The zero-order valence-corrected chi connectivity index (χ0v) is 14.2. The molecule has 6 nitrogen and oxygen atoms in total. The molecule has 1 rings (SSSR count). The molecular weight excluding hydrogens is 292 g/mol. The van der Waals surface area contributed by atoms with Gasteiger partial charge in [-0.2, -0.15) is 0 Å². The highest BCUT2D eigenvalue weighted by Gasteiger charge is 2.22. The van der Waals surface area contributed by atoms with E-state index >= 15 is 0 Å². The number of guanidine groups is 1. The third kappa shape index (κ3) is 7.15. The molecule has 0 saturated heterocycles. The zero-order chi connectivity index (χ0) is 17.1. The lowest BCUT2D eigenvalue weighted by atomic mass is 9.96. The van der Waals surface area contributed by atoms with Gasteiger partial charge >= 0.3 is 0 Å². The molecule has 0 heterocycles. The van der Waals surface area contributed by atoms with Gasteiger partial charge in [0.2, 0.25) is 5.91 Å². The van der Waals surface area contributed by atoms with Crippen LogP contribution in [0.1, 0.15) is 32.8 Å². The van der Waals surface area contributed by atoms with E-state index in [0.717, 1.165) is 12.0 Å². The first-order chi connectivity index (χ1) is 11.0. The van der Waals surface area contributed by atoms with Gasteiger partial charge in [-0.05, 0) is 25.8 Å². The molecule has 0 aliphatic rings. The van der Waals surface area contributed by atoms with Crippen molar-refractivity contribution in [2.45, 2.75) is 32.8 Å². The highest BCUT2D eigenvalue weighted by Crippen LogP contribution is 2.18. The van der Waals surface area contributed by atoms with Gasteiger partial charge in [0.05, 0.1) is 6.54 Å². The van der Waals surface area contributed by atoms with Crippen LogP contribution in [-0.2, 0) is 10.4 Å². The minimum absolute atomic E-state index is 0.0583. The predicted octanol–water partition coefficient (Wildman–Crippen LogP) is 0.975. The molecule has 0 bridgehead atoms. The number of nitrogens with zero attached hydrogens (tertiary/aromatic N) is 1. The van der Waals surface area contributed by atoms with Gasteiger partial charge in [0, 0.05) is 13.1 Å². The van der Waals surface area contributed by atoms with E-state index in [9.17, 15) is 9.90 Å². The third-order valence-electron chi connectivity index (χ3n) is 3.29. The summed E-state index contributed by atoms with van der Waals surface area (Å²) < 4.78 is 0. The van der Waals surface area contributed by atoms with Gasteiger partial charge in [-0.15, -0.1) is 0 Å². The lowest BCUT2D eigenvalue weighted by Crippen LogP contribution is -2.45. The monoisotopic (exact) mass is 320 g/mol. The molecule has 0 aromatic heterocycles. The van der Waals surface area contributed by atoms with Gasteiger partial charge in [-0.3, -0.25) is 4.79 Å². The molecule has 0 aliphatic carbocycles. The molecule has 1 aromatic rings. The fraction of sp³-hybridized carbons (Fsp3) is 0.529. The van der Waals surface area contributed by atoms with Crippen LogP contribution >= 0.6 is 0 Å². The van der Waals surface area contributed by atoms with Crippen LogP contribution in [0.15, 0.2) is 35.3 Å². The maximum absolute atomic E-state index is 11.6. The lowest BCUT2D eigenvalue weighted by molar-refractivity contribution is -0.119. The summed E-state index contributed by atoms with van der Waals surface area (Å²) in [6.07, 6.45) is 0.897. The van der Waals surface area contributed by atoms with Gasteiger partial charge < -0.3 is 21.1 Å². The highest BCUT2D eigenvalue weighted by molar-refractivity contribution is 5.84. The molecular formula is C17H28N4O2. The van der Waals surface area contributed by atoms with E-state index in [4.69, 9.17) is 0 Å². The molecule has 0 radical (unpaired) electrons. The predicted molar refractivity (Wildman–Crippen MR) is 93.3 cm³/mol. The second-order valence-corrected chi connectivity index (χ2v) is 5.54. The molecule has 1 unspecified atom stereocenters. The topological polar surface area (TPSA) is 85.8 Å². The average molecular weight is 320 g/mol. The quantitative estimate of drug-likeness (QED) is 0.425. The molecule has 0 aliphatic heterocycles. The van der Waals surface area contributed by atoms with Crippen molar-refractivity contribution in [3.05, 3.63) is 35.9 Å². The largest absolute Gasteiger partial charge is 0.384 e. The molecule has 1 aromatic carbocycles. The summed E-state index contributed by atoms with van der Waals surface area (Å²) in [5.41, 5.74) is -0.203. The molecule has 23 heavy (non-hydrogen) atoms. The maximum atomic E-state index is 11.6. The number of amides is 1.